The number of anilines is 3. The summed E-state index contributed by atoms with van der Waals surface area (Å²) >= 11 is 0. The number of rotatable bonds is 4. The predicted molar refractivity (Wildman–Crippen MR) is 117 cm³/mol. The van der Waals surface area contributed by atoms with Crippen LogP contribution in [0.1, 0.15) is 29.8 Å². The van der Waals surface area contributed by atoms with Gasteiger partial charge in [-0.05, 0) is 37.5 Å². The smallest absolute Gasteiger partial charge is 0.277 e. The standard InChI is InChI=1S/C21H22N8O2/c1-28-11-14-9-15(19(26-18(14)27-28)29-7-3-2-4-8-29)24-20(30)16-12-31-21(25-16)13-5-6-23-17(22)10-13/h5-6,9-12H,2-4,7-8H2,1H3,(H2,22,23)(H,24,30). The van der Waals surface area contributed by atoms with E-state index in [4.69, 9.17) is 15.1 Å². The highest BCUT2D eigenvalue weighted by molar-refractivity contribution is 6.05. The Hall–Kier alpha value is -3.95. The maximum Gasteiger partial charge on any atom is 0.277 e. The zero-order valence-corrected chi connectivity index (χ0v) is 17.1. The Kier molecular flexibility index (Phi) is 4.73. The monoisotopic (exact) mass is 418 g/mol. The summed E-state index contributed by atoms with van der Waals surface area (Å²) < 4.78 is 7.21. The summed E-state index contributed by atoms with van der Waals surface area (Å²) in [6, 6.07) is 5.27. The second-order valence-electron chi connectivity index (χ2n) is 7.58. The third-order valence-electron chi connectivity index (χ3n) is 5.26. The highest BCUT2D eigenvalue weighted by Crippen LogP contribution is 2.30. The minimum atomic E-state index is -0.375. The van der Waals surface area contributed by atoms with Crippen molar-refractivity contribution >= 4 is 34.3 Å². The van der Waals surface area contributed by atoms with Gasteiger partial charge < -0.3 is 20.4 Å². The molecule has 3 N–H and O–H groups in total. The van der Waals surface area contributed by atoms with Crippen molar-refractivity contribution in [1.82, 2.24) is 24.7 Å². The second-order valence-corrected chi connectivity index (χ2v) is 7.58. The topological polar surface area (TPSA) is 128 Å². The fourth-order valence-electron chi connectivity index (χ4n) is 3.78. The lowest BCUT2D eigenvalue weighted by atomic mass is 10.1. The van der Waals surface area contributed by atoms with E-state index in [1.54, 1.807) is 23.0 Å². The number of nitrogen functional groups attached to an aromatic ring is 1. The molecule has 1 saturated heterocycles. The molecule has 10 nitrogen and oxygen atoms in total. The molecule has 0 radical (unpaired) electrons. The van der Waals surface area contributed by atoms with Crippen molar-refractivity contribution in [2.75, 3.05) is 29.0 Å². The lowest BCUT2D eigenvalue weighted by molar-refractivity contribution is 0.102. The first-order valence-corrected chi connectivity index (χ1v) is 10.1. The molecule has 10 heteroatoms. The van der Waals surface area contributed by atoms with E-state index in [9.17, 15) is 4.79 Å². The number of hydrogen-bond acceptors (Lipinski definition) is 8. The Morgan fingerprint density at radius 1 is 1.19 bits per heavy atom. The fourth-order valence-corrected chi connectivity index (χ4v) is 3.78. The van der Waals surface area contributed by atoms with Gasteiger partial charge in [-0.3, -0.25) is 9.48 Å². The SMILES string of the molecule is Cn1cc2cc(NC(=O)c3coc(-c4ccnc(N)c4)n3)c(N3CCCCC3)nc2n1. The van der Waals surface area contributed by atoms with Crippen LogP contribution in [-0.2, 0) is 7.05 Å². The molecule has 1 aliphatic heterocycles. The number of nitrogens with one attached hydrogen (secondary N) is 1. The number of aromatic nitrogens is 5. The van der Waals surface area contributed by atoms with E-state index in [0.717, 1.165) is 37.1 Å². The van der Waals surface area contributed by atoms with Crippen LogP contribution in [0.3, 0.4) is 0 Å². The van der Waals surface area contributed by atoms with Gasteiger partial charge in [0.15, 0.2) is 17.2 Å². The minimum Gasteiger partial charge on any atom is -0.444 e. The molecule has 5 heterocycles. The first-order chi connectivity index (χ1) is 15.1. The lowest BCUT2D eigenvalue weighted by Crippen LogP contribution is -2.31. The van der Waals surface area contributed by atoms with E-state index < -0.39 is 0 Å². The van der Waals surface area contributed by atoms with E-state index in [2.05, 4.69) is 25.3 Å². The number of pyridine rings is 2. The Labute approximate surface area is 178 Å². The third-order valence-corrected chi connectivity index (χ3v) is 5.26. The maximum atomic E-state index is 13.0. The van der Waals surface area contributed by atoms with Gasteiger partial charge in [-0.15, -0.1) is 0 Å². The van der Waals surface area contributed by atoms with Gasteiger partial charge in [0, 0.05) is 43.5 Å². The molecule has 0 aliphatic carbocycles. The largest absolute Gasteiger partial charge is 0.444 e. The first-order valence-electron chi connectivity index (χ1n) is 10.1. The van der Waals surface area contributed by atoms with Crippen LogP contribution >= 0.6 is 0 Å². The predicted octanol–water partition coefficient (Wildman–Crippen LogP) is 2.84. The zero-order chi connectivity index (χ0) is 21.4. The summed E-state index contributed by atoms with van der Waals surface area (Å²) in [5, 5.41) is 8.23. The third kappa shape index (κ3) is 3.79. The Morgan fingerprint density at radius 2 is 2.03 bits per heavy atom. The number of oxazole rings is 1. The quantitative estimate of drug-likeness (QED) is 0.518. The minimum absolute atomic E-state index is 0.168. The van der Waals surface area contributed by atoms with Gasteiger partial charge in [0.2, 0.25) is 5.89 Å². The molecule has 0 spiro atoms. The van der Waals surface area contributed by atoms with Crippen molar-refractivity contribution in [3.8, 4) is 11.5 Å². The normalized spacial score (nSPS) is 14.2. The lowest BCUT2D eigenvalue weighted by Gasteiger charge is -2.29. The van der Waals surface area contributed by atoms with E-state index in [-0.39, 0.29) is 11.6 Å². The van der Waals surface area contributed by atoms with Gasteiger partial charge in [0.1, 0.15) is 12.1 Å². The van der Waals surface area contributed by atoms with Gasteiger partial charge in [-0.1, -0.05) is 0 Å². The van der Waals surface area contributed by atoms with E-state index >= 15 is 0 Å². The molecular weight excluding hydrogens is 396 g/mol. The van der Waals surface area contributed by atoms with Crippen molar-refractivity contribution in [2.45, 2.75) is 19.3 Å². The summed E-state index contributed by atoms with van der Waals surface area (Å²) in [6.07, 6.45) is 8.16. The van der Waals surface area contributed by atoms with Crippen LogP contribution in [0.2, 0.25) is 0 Å². The molecular formula is C21H22N8O2. The molecule has 0 atom stereocenters. The van der Waals surface area contributed by atoms with Gasteiger partial charge >= 0.3 is 0 Å². The number of carbonyl (C=O) groups excluding carboxylic acids is 1. The summed E-state index contributed by atoms with van der Waals surface area (Å²) in [5.74, 6) is 1.00. The van der Waals surface area contributed by atoms with Gasteiger partial charge in [-0.25, -0.2) is 15.0 Å². The average molecular weight is 418 g/mol. The van der Waals surface area contributed by atoms with E-state index in [0.29, 0.717) is 28.6 Å². The maximum absolute atomic E-state index is 13.0. The molecule has 0 saturated carbocycles. The zero-order valence-electron chi connectivity index (χ0n) is 17.1. The summed E-state index contributed by atoms with van der Waals surface area (Å²) in [6.45, 7) is 1.79. The molecule has 0 aromatic carbocycles. The van der Waals surface area contributed by atoms with Crippen molar-refractivity contribution in [2.24, 2.45) is 7.05 Å². The molecule has 0 unspecified atom stereocenters. The van der Waals surface area contributed by atoms with Crippen LogP contribution in [0.4, 0.5) is 17.3 Å². The molecule has 1 aliphatic rings. The van der Waals surface area contributed by atoms with Crippen molar-refractivity contribution in [1.29, 1.82) is 0 Å². The molecule has 4 aromatic heterocycles. The Morgan fingerprint density at radius 3 is 2.84 bits per heavy atom. The number of hydrogen-bond donors (Lipinski definition) is 2. The van der Waals surface area contributed by atoms with Gasteiger partial charge in [0.25, 0.3) is 5.91 Å². The number of aryl methyl sites for hydroxylation is 1. The number of nitrogens with zero attached hydrogens (tertiary/aromatic N) is 6. The van der Waals surface area contributed by atoms with Gasteiger partial charge in [0.05, 0.1) is 5.69 Å². The molecule has 1 amide bonds. The molecule has 31 heavy (non-hydrogen) atoms. The Bertz CT molecular complexity index is 1260. The molecule has 4 aromatic rings. The average Bonchev–Trinajstić information content (AvgIpc) is 3.40. The number of piperidine rings is 1. The van der Waals surface area contributed by atoms with Crippen LogP contribution in [0.15, 0.2) is 41.3 Å². The highest BCUT2D eigenvalue weighted by Gasteiger charge is 2.21. The van der Waals surface area contributed by atoms with Crippen molar-refractivity contribution in [3.05, 3.63) is 42.5 Å². The van der Waals surface area contributed by atoms with Crippen LogP contribution in [0.5, 0.6) is 0 Å². The summed E-state index contributed by atoms with van der Waals surface area (Å²) in [4.78, 5) is 28.2. The van der Waals surface area contributed by atoms with Crippen LogP contribution < -0.4 is 16.0 Å². The van der Waals surface area contributed by atoms with Crippen molar-refractivity contribution in [3.63, 3.8) is 0 Å². The van der Waals surface area contributed by atoms with Gasteiger partial charge in [-0.2, -0.15) is 5.10 Å². The van der Waals surface area contributed by atoms with Crippen molar-refractivity contribution < 1.29 is 9.21 Å². The number of fused-ring (bicyclic) bond motifs is 1. The number of carbonyl (C=O) groups is 1. The van der Waals surface area contributed by atoms with Crippen LogP contribution in [-0.4, -0.2) is 43.7 Å². The number of nitrogens with two attached hydrogens (primary N) is 1. The first kappa shape index (κ1) is 19.0. The molecule has 0 bridgehead atoms. The van der Waals surface area contributed by atoms with Crippen LogP contribution in [0, 0.1) is 0 Å². The highest BCUT2D eigenvalue weighted by atomic mass is 16.3. The summed E-state index contributed by atoms with van der Waals surface area (Å²) in [5.41, 5.74) is 7.82. The second kappa shape index (κ2) is 7.71. The Balaban J connectivity index is 1.46. The fraction of sp³-hybridized carbons (Fsp3) is 0.286. The summed E-state index contributed by atoms with van der Waals surface area (Å²) in [7, 11) is 1.85. The molecule has 1 fully saturated rings. The van der Waals surface area contributed by atoms with Crippen LogP contribution in [0.25, 0.3) is 22.5 Å². The number of amides is 1. The molecule has 158 valence electrons. The van der Waals surface area contributed by atoms with E-state index in [1.807, 2.05) is 19.3 Å². The molecule has 5 rings (SSSR count). The van der Waals surface area contributed by atoms with E-state index in [1.165, 1.54) is 12.7 Å².